The van der Waals surface area contributed by atoms with Crippen LogP contribution in [0.5, 0.6) is 0 Å². The van der Waals surface area contributed by atoms with E-state index in [0.29, 0.717) is 17.9 Å². The largest absolute Gasteiger partial charge is 0.300 e. The van der Waals surface area contributed by atoms with E-state index >= 15 is 0 Å². The van der Waals surface area contributed by atoms with E-state index in [0.717, 1.165) is 12.1 Å². The standard InChI is InChI=1S/C18H29N3/c1-12(2)13-4-6-14(7-5-13)18(20-19)15-10-16-8-9-17(11-15)21(16)3/h4-7,12,15-18,20H,8-11,19H2,1-3H3. The third-order valence-electron chi connectivity index (χ3n) is 5.75. The molecule has 2 heterocycles. The van der Waals surface area contributed by atoms with Crippen LogP contribution in [-0.2, 0) is 0 Å². The lowest BCUT2D eigenvalue weighted by Crippen LogP contribution is -2.45. The molecule has 3 nitrogen and oxygen atoms in total. The first-order valence-corrected chi connectivity index (χ1v) is 8.38. The van der Waals surface area contributed by atoms with Gasteiger partial charge in [-0.2, -0.15) is 0 Å². The summed E-state index contributed by atoms with van der Waals surface area (Å²) in [5.74, 6) is 7.16. The molecule has 3 unspecified atom stereocenters. The predicted molar refractivity (Wildman–Crippen MR) is 87.9 cm³/mol. The highest BCUT2D eigenvalue weighted by Gasteiger charge is 2.41. The van der Waals surface area contributed by atoms with Gasteiger partial charge in [-0.05, 0) is 55.7 Å². The SMILES string of the molecule is CC(C)c1ccc(C(NN)C2CC3CCC(C2)N3C)cc1. The molecule has 0 aromatic heterocycles. The van der Waals surface area contributed by atoms with Crippen LogP contribution in [0.4, 0.5) is 0 Å². The second kappa shape index (κ2) is 6.07. The van der Waals surface area contributed by atoms with Gasteiger partial charge in [-0.3, -0.25) is 11.3 Å². The maximum Gasteiger partial charge on any atom is 0.0489 e. The number of nitrogens with two attached hydrogens (primary N) is 1. The Hall–Kier alpha value is -0.900. The zero-order chi connectivity index (χ0) is 15.0. The minimum Gasteiger partial charge on any atom is -0.300 e. The van der Waals surface area contributed by atoms with E-state index < -0.39 is 0 Å². The summed E-state index contributed by atoms with van der Waals surface area (Å²) in [5, 5.41) is 0. The predicted octanol–water partition coefficient (Wildman–Crippen LogP) is 3.19. The fourth-order valence-corrected chi connectivity index (χ4v) is 4.32. The third kappa shape index (κ3) is 2.87. The van der Waals surface area contributed by atoms with Gasteiger partial charge in [0.2, 0.25) is 0 Å². The van der Waals surface area contributed by atoms with E-state index in [2.05, 4.69) is 55.5 Å². The Morgan fingerprint density at radius 1 is 1.05 bits per heavy atom. The number of rotatable bonds is 4. The Morgan fingerprint density at radius 2 is 1.57 bits per heavy atom. The minimum atomic E-state index is 0.294. The molecule has 1 aromatic carbocycles. The molecule has 2 bridgehead atoms. The maximum atomic E-state index is 5.92. The lowest BCUT2D eigenvalue weighted by molar-refractivity contribution is 0.112. The molecule has 2 saturated heterocycles. The molecule has 1 aromatic rings. The van der Waals surface area contributed by atoms with Crippen LogP contribution in [-0.4, -0.2) is 24.0 Å². The van der Waals surface area contributed by atoms with Crippen molar-refractivity contribution in [3.8, 4) is 0 Å². The van der Waals surface area contributed by atoms with Crippen molar-refractivity contribution < 1.29 is 0 Å². The molecular formula is C18H29N3. The van der Waals surface area contributed by atoms with Gasteiger partial charge in [-0.1, -0.05) is 38.1 Å². The van der Waals surface area contributed by atoms with Gasteiger partial charge >= 0.3 is 0 Å². The zero-order valence-electron chi connectivity index (χ0n) is 13.5. The van der Waals surface area contributed by atoms with Crippen molar-refractivity contribution >= 4 is 0 Å². The van der Waals surface area contributed by atoms with Crippen molar-refractivity contribution in [3.05, 3.63) is 35.4 Å². The lowest BCUT2D eigenvalue weighted by atomic mass is 9.82. The Bertz CT molecular complexity index is 454. The number of nitrogens with one attached hydrogen (secondary N) is 1. The molecule has 3 rings (SSSR count). The Kier molecular flexibility index (Phi) is 4.34. The summed E-state index contributed by atoms with van der Waals surface area (Å²) >= 11 is 0. The van der Waals surface area contributed by atoms with Crippen LogP contribution in [0.25, 0.3) is 0 Å². The van der Waals surface area contributed by atoms with E-state index in [-0.39, 0.29) is 0 Å². The van der Waals surface area contributed by atoms with Gasteiger partial charge < -0.3 is 4.90 Å². The molecular weight excluding hydrogens is 258 g/mol. The highest BCUT2D eigenvalue weighted by molar-refractivity contribution is 5.27. The lowest BCUT2D eigenvalue weighted by Gasteiger charge is -2.39. The molecule has 0 aliphatic carbocycles. The van der Waals surface area contributed by atoms with E-state index in [9.17, 15) is 0 Å². The van der Waals surface area contributed by atoms with E-state index in [1.165, 1.54) is 36.8 Å². The fourth-order valence-electron chi connectivity index (χ4n) is 4.32. The van der Waals surface area contributed by atoms with Crippen LogP contribution in [0, 0.1) is 5.92 Å². The second-order valence-electron chi connectivity index (χ2n) is 7.25. The monoisotopic (exact) mass is 287 g/mol. The number of benzene rings is 1. The normalized spacial score (nSPS) is 30.8. The van der Waals surface area contributed by atoms with Gasteiger partial charge in [0.15, 0.2) is 0 Å². The van der Waals surface area contributed by atoms with Gasteiger partial charge in [0.25, 0.3) is 0 Å². The Labute approximate surface area is 128 Å². The Balaban J connectivity index is 1.76. The summed E-state index contributed by atoms with van der Waals surface area (Å²) in [6.07, 6.45) is 5.27. The zero-order valence-corrected chi connectivity index (χ0v) is 13.5. The summed E-state index contributed by atoms with van der Waals surface area (Å²) in [5.41, 5.74) is 5.85. The molecule has 2 aliphatic rings. The summed E-state index contributed by atoms with van der Waals surface area (Å²) in [6, 6.07) is 10.9. The molecule has 0 spiro atoms. The molecule has 2 fully saturated rings. The average Bonchev–Trinajstić information content (AvgIpc) is 2.71. The van der Waals surface area contributed by atoms with Crippen LogP contribution in [0.1, 0.15) is 62.6 Å². The number of hydrazine groups is 1. The van der Waals surface area contributed by atoms with E-state index in [1.807, 2.05) is 0 Å². The van der Waals surface area contributed by atoms with Crippen molar-refractivity contribution in [1.29, 1.82) is 0 Å². The summed E-state index contributed by atoms with van der Waals surface area (Å²) in [4.78, 5) is 2.59. The smallest absolute Gasteiger partial charge is 0.0489 e. The van der Waals surface area contributed by atoms with Crippen molar-refractivity contribution in [1.82, 2.24) is 10.3 Å². The summed E-state index contributed by atoms with van der Waals surface area (Å²) in [7, 11) is 2.29. The maximum absolute atomic E-state index is 5.92. The van der Waals surface area contributed by atoms with Crippen LogP contribution in [0.3, 0.4) is 0 Å². The van der Waals surface area contributed by atoms with E-state index in [4.69, 9.17) is 5.84 Å². The first-order chi connectivity index (χ1) is 10.1. The van der Waals surface area contributed by atoms with Crippen molar-refractivity contribution in [2.45, 2.75) is 63.6 Å². The topological polar surface area (TPSA) is 41.3 Å². The van der Waals surface area contributed by atoms with Gasteiger partial charge in [-0.15, -0.1) is 0 Å². The highest BCUT2D eigenvalue weighted by atomic mass is 15.2. The van der Waals surface area contributed by atoms with Gasteiger partial charge in [0, 0.05) is 18.1 Å². The number of fused-ring (bicyclic) bond motifs is 2. The van der Waals surface area contributed by atoms with Crippen molar-refractivity contribution in [2.24, 2.45) is 11.8 Å². The molecule has 116 valence electrons. The number of nitrogens with zero attached hydrogens (tertiary/aromatic N) is 1. The average molecular weight is 287 g/mol. The summed E-state index contributed by atoms with van der Waals surface area (Å²) in [6.45, 7) is 4.48. The molecule has 3 atom stereocenters. The number of hydrogen-bond acceptors (Lipinski definition) is 3. The summed E-state index contributed by atoms with van der Waals surface area (Å²) < 4.78 is 0. The molecule has 2 aliphatic heterocycles. The second-order valence-corrected chi connectivity index (χ2v) is 7.25. The van der Waals surface area contributed by atoms with Crippen molar-refractivity contribution in [3.63, 3.8) is 0 Å². The van der Waals surface area contributed by atoms with Gasteiger partial charge in [0.1, 0.15) is 0 Å². The minimum absolute atomic E-state index is 0.294. The molecule has 3 N–H and O–H groups in total. The van der Waals surface area contributed by atoms with Gasteiger partial charge in [-0.25, -0.2) is 0 Å². The van der Waals surface area contributed by atoms with E-state index in [1.54, 1.807) is 0 Å². The fraction of sp³-hybridized carbons (Fsp3) is 0.667. The molecule has 3 heteroatoms. The van der Waals surface area contributed by atoms with Crippen LogP contribution in [0.2, 0.25) is 0 Å². The molecule has 21 heavy (non-hydrogen) atoms. The molecule has 0 radical (unpaired) electrons. The number of hydrogen-bond donors (Lipinski definition) is 2. The van der Waals surface area contributed by atoms with Crippen LogP contribution < -0.4 is 11.3 Å². The first kappa shape index (κ1) is 15.0. The molecule has 0 saturated carbocycles. The molecule has 0 amide bonds. The quantitative estimate of drug-likeness (QED) is 0.660. The third-order valence-corrected chi connectivity index (χ3v) is 5.75. The van der Waals surface area contributed by atoms with Gasteiger partial charge in [0.05, 0.1) is 0 Å². The first-order valence-electron chi connectivity index (χ1n) is 8.38. The van der Waals surface area contributed by atoms with Crippen LogP contribution in [0.15, 0.2) is 24.3 Å². The number of piperidine rings is 1. The highest BCUT2D eigenvalue weighted by Crippen LogP contribution is 2.42. The Morgan fingerprint density at radius 3 is 2.05 bits per heavy atom. The van der Waals surface area contributed by atoms with Crippen molar-refractivity contribution in [2.75, 3.05) is 7.05 Å². The van der Waals surface area contributed by atoms with Crippen LogP contribution >= 0.6 is 0 Å².